The largest absolute Gasteiger partial charge is 0.358 e. The summed E-state index contributed by atoms with van der Waals surface area (Å²) < 4.78 is 0. The number of hydrazone groups is 1. The molecule has 2 N–H and O–H groups in total. The topological polar surface area (TPSA) is 85.3 Å². The van der Waals surface area contributed by atoms with E-state index in [9.17, 15) is 0 Å². The molecule has 4 heterocycles. The number of aromatic nitrogens is 4. The third kappa shape index (κ3) is 3.62. The van der Waals surface area contributed by atoms with Gasteiger partial charge in [-0.2, -0.15) is 20.1 Å². The first-order valence-corrected chi connectivity index (χ1v) is 10.4. The fourth-order valence-corrected chi connectivity index (χ4v) is 4.14. The van der Waals surface area contributed by atoms with Crippen molar-refractivity contribution in [1.82, 2.24) is 19.9 Å². The van der Waals surface area contributed by atoms with Crippen LogP contribution in [0.1, 0.15) is 36.9 Å². The van der Waals surface area contributed by atoms with Crippen molar-refractivity contribution < 1.29 is 0 Å². The number of benzene rings is 1. The van der Waals surface area contributed by atoms with E-state index in [-0.39, 0.29) is 0 Å². The van der Waals surface area contributed by atoms with Crippen LogP contribution in [0.2, 0.25) is 0 Å². The maximum Gasteiger partial charge on any atom is 0.250 e. The van der Waals surface area contributed by atoms with Crippen molar-refractivity contribution in [2.75, 3.05) is 41.4 Å². The van der Waals surface area contributed by atoms with Crippen molar-refractivity contribution >= 4 is 35.0 Å². The molecule has 2 fully saturated rings. The standard InChI is InChI=1S/C21H26N8/c1-15-17(16-8-2-3-9-18(16)23-15)14-22-27-19-24-20(28-10-4-5-11-28)26-21(25-19)29-12-6-7-13-29/h2-3,8-9,14,23H,4-7,10-13H2,1H3,(H,24,25,26,27). The first kappa shape index (κ1) is 17.9. The monoisotopic (exact) mass is 390 g/mol. The van der Waals surface area contributed by atoms with Gasteiger partial charge in [-0.25, -0.2) is 5.43 Å². The second-order valence-electron chi connectivity index (χ2n) is 7.73. The molecule has 0 aliphatic carbocycles. The summed E-state index contributed by atoms with van der Waals surface area (Å²) in [7, 11) is 0. The predicted molar refractivity (Wildman–Crippen MR) is 117 cm³/mol. The van der Waals surface area contributed by atoms with E-state index in [1.54, 1.807) is 0 Å². The molecule has 0 spiro atoms. The summed E-state index contributed by atoms with van der Waals surface area (Å²) in [5, 5.41) is 5.60. The van der Waals surface area contributed by atoms with Gasteiger partial charge in [-0.3, -0.25) is 0 Å². The van der Waals surface area contributed by atoms with Crippen LogP contribution in [-0.2, 0) is 0 Å². The second-order valence-corrected chi connectivity index (χ2v) is 7.73. The van der Waals surface area contributed by atoms with E-state index in [4.69, 9.17) is 4.98 Å². The van der Waals surface area contributed by atoms with Crippen molar-refractivity contribution in [1.29, 1.82) is 0 Å². The van der Waals surface area contributed by atoms with Gasteiger partial charge < -0.3 is 14.8 Å². The second kappa shape index (κ2) is 7.69. The van der Waals surface area contributed by atoms with E-state index in [0.717, 1.165) is 60.2 Å². The smallest absolute Gasteiger partial charge is 0.250 e. The zero-order valence-corrected chi connectivity index (χ0v) is 16.7. The fourth-order valence-electron chi connectivity index (χ4n) is 4.14. The molecule has 3 aromatic rings. The van der Waals surface area contributed by atoms with Gasteiger partial charge in [0.1, 0.15) is 0 Å². The lowest BCUT2D eigenvalue weighted by molar-refractivity contribution is 0.838. The van der Waals surface area contributed by atoms with Crippen molar-refractivity contribution in [3.63, 3.8) is 0 Å². The third-order valence-electron chi connectivity index (χ3n) is 5.69. The quantitative estimate of drug-likeness (QED) is 0.514. The van der Waals surface area contributed by atoms with E-state index >= 15 is 0 Å². The number of fused-ring (bicyclic) bond motifs is 1. The molecule has 0 saturated carbocycles. The molecular formula is C21H26N8. The lowest BCUT2D eigenvalue weighted by Crippen LogP contribution is -2.25. The molecule has 5 rings (SSSR count). The van der Waals surface area contributed by atoms with Gasteiger partial charge in [0.15, 0.2) is 0 Å². The van der Waals surface area contributed by atoms with Gasteiger partial charge in [-0.05, 0) is 38.7 Å². The summed E-state index contributed by atoms with van der Waals surface area (Å²) in [6.45, 7) is 6.06. The van der Waals surface area contributed by atoms with Gasteiger partial charge in [0.25, 0.3) is 0 Å². The van der Waals surface area contributed by atoms with Gasteiger partial charge in [0.05, 0.1) is 6.21 Å². The van der Waals surface area contributed by atoms with Gasteiger partial charge in [-0.15, -0.1) is 0 Å². The molecule has 0 atom stereocenters. The Morgan fingerprint density at radius 3 is 2.21 bits per heavy atom. The SMILES string of the molecule is Cc1[nH]c2ccccc2c1C=NNc1nc(N2CCCC2)nc(N2CCCC2)n1. The molecule has 0 unspecified atom stereocenters. The molecule has 1 aromatic carbocycles. The summed E-state index contributed by atoms with van der Waals surface area (Å²) in [4.78, 5) is 21.9. The Kier molecular flexibility index (Phi) is 4.75. The highest BCUT2D eigenvalue weighted by Gasteiger charge is 2.21. The van der Waals surface area contributed by atoms with Crippen molar-refractivity contribution in [3.05, 3.63) is 35.5 Å². The lowest BCUT2D eigenvalue weighted by atomic mass is 10.1. The molecule has 2 aliphatic heterocycles. The van der Waals surface area contributed by atoms with E-state index in [1.165, 1.54) is 25.7 Å². The lowest BCUT2D eigenvalue weighted by Gasteiger charge is -2.20. The molecule has 0 amide bonds. The van der Waals surface area contributed by atoms with Crippen LogP contribution in [0.3, 0.4) is 0 Å². The van der Waals surface area contributed by atoms with Crippen molar-refractivity contribution in [2.24, 2.45) is 5.10 Å². The van der Waals surface area contributed by atoms with Gasteiger partial charge >= 0.3 is 0 Å². The Hall–Kier alpha value is -3.16. The van der Waals surface area contributed by atoms with Crippen molar-refractivity contribution in [2.45, 2.75) is 32.6 Å². The number of anilines is 3. The number of rotatable bonds is 5. The Morgan fingerprint density at radius 1 is 0.931 bits per heavy atom. The number of nitrogens with one attached hydrogen (secondary N) is 2. The minimum Gasteiger partial charge on any atom is -0.358 e. The molecule has 8 heteroatoms. The van der Waals surface area contributed by atoms with Crippen molar-refractivity contribution in [3.8, 4) is 0 Å². The summed E-state index contributed by atoms with van der Waals surface area (Å²) in [6, 6.07) is 8.24. The Labute approximate surface area is 170 Å². The van der Waals surface area contributed by atoms with Crippen LogP contribution < -0.4 is 15.2 Å². The Balaban J connectivity index is 1.42. The summed E-state index contributed by atoms with van der Waals surface area (Å²) >= 11 is 0. The maximum absolute atomic E-state index is 4.74. The van der Waals surface area contributed by atoms with Gasteiger partial charge in [0.2, 0.25) is 17.8 Å². The first-order valence-electron chi connectivity index (χ1n) is 10.4. The van der Waals surface area contributed by atoms with E-state index in [2.05, 4.69) is 54.3 Å². The molecule has 0 radical (unpaired) electrons. The number of nitrogens with zero attached hydrogens (tertiary/aromatic N) is 6. The van der Waals surface area contributed by atoms with Gasteiger partial charge in [-0.1, -0.05) is 18.2 Å². The molecule has 29 heavy (non-hydrogen) atoms. The van der Waals surface area contributed by atoms with E-state index in [1.807, 2.05) is 18.3 Å². The van der Waals surface area contributed by atoms with Crippen LogP contribution in [0.25, 0.3) is 10.9 Å². The summed E-state index contributed by atoms with van der Waals surface area (Å²) in [5.41, 5.74) is 6.31. The first-order chi connectivity index (χ1) is 14.3. The number of H-pyrrole nitrogens is 1. The fraction of sp³-hybridized carbons (Fsp3) is 0.429. The average Bonchev–Trinajstić information content (AvgIpc) is 3.50. The highest BCUT2D eigenvalue weighted by atomic mass is 15.4. The number of aromatic amines is 1. The average molecular weight is 390 g/mol. The molecule has 8 nitrogen and oxygen atoms in total. The number of hydrogen-bond donors (Lipinski definition) is 2. The van der Waals surface area contributed by atoms with Gasteiger partial charge in [0, 0.05) is 48.3 Å². The third-order valence-corrected chi connectivity index (χ3v) is 5.69. The molecule has 0 bridgehead atoms. The Bertz CT molecular complexity index is 994. The van der Waals surface area contributed by atoms with Crippen LogP contribution in [0.5, 0.6) is 0 Å². The molecule has 2 aromatic heterocycles. The minimum atomic E-state index is 0.498. The zero-order chi connectivity index (χ0) is 19.6. The number of para-hydroxylation sites is 1. The molecule has 150 valence electrons. The molecule has 2 aliphatic rings. The van der Waals surface area contributed by atoms with Crippen LogP contribution in [0.4, 0.5) is 17.8 Å². The summed E-state index contributed by atoms with van der Waals surface area (Å²) in [6.07, 6.45) is 6.58. The van der Waals surface area contributed by atoms with E-state index < -0.39 is 0 Å². The van der Waals surface area contributed by atoms with Crippen LogP contribution >= 0.6 is 0 Å². The highest BCUT2D eigenvalue weighted by Crippen LogP contribution is 2.23. The Morgan fingerprint density at radius 2 is 1.55 bits per heavy atom. The number of hydrogen-bond acceptors (Lipinski definition) is 7. The highest BCUT2D eigenvalue weighted by molar-refractivity contribution is 6.00. The molecular weight excluding hydrogens is 364 g/mol. The van der Waals surface area contributed by atoms with Crippen LogP contribution in [0, 0.1) is 6.92 Å². The normalized spacial score (nSPS) is 17.1. The predicted octanol–water partition coefficient (Wildman–Crippen LogP) is 3.31. The van der Waals surface area contributed by atoms with Crippen LogP contribution in [-0.4, -0.2) is 52.3 Å². The maximum atomic E-state index is 4.74. The van der Waals surface area contributed by atoms with Crippen LogP contribution in [0.15, 0.2) is 29.4 Å². The summed E-state index contributed by atoms with van der Waals surface area (Å²) in [5.74, 6) is 2.00. The molecule has 2 saturated heterocycles. The number of aryl methyl sites for hydroxylation is 1. The van der Waals surface area contributed by atoms with E-state index in [0.29, 0.717) is 5.95 Å². The minimum absolute atomic E-state index is 0.498. The zero-order valence-electron chi connectivity index (χ0n) is 16.7.